The van der Waals surface area contributed by atoms with E-state index in [-0.39, 0.29) is 5.69 Å². The Hall–Kier alpha value is -2.77. The standard InChI is InChI=1S/C16H13N3O4/c20-19(21)13-7-2-1-4-10(13)15-17-12-6-3-5-11(14(12)18-15)16-22-8-9-23-16/h1-7,16H,8-9H2,(H,17,18). The van der Waals surface area contributed by atoms with Gasteiger partial charge in [0.05, 0.1) is 34.7 Å². The Kier molecular flexibility index (Phi) is 3.29. The number of nitro benzene ring substituents is 1. The Bertz CT molecular complexity index is 884. The van der Waals surface area contributed by atoms with Gasteiger partial charge in [-0.25, -0.2) is 4.98 Å². The molecule has 3 aromatic rings. The van der Waals surface area contributed by atoms with Gasteiger partial charge in [0.2, 0.25) is 0 Å². The molecule has 1 saturated heterocycles. The molecule has 0 aliphatic carbocycles. The van der Waals surface area contributed by atoms with Gasteiger partial charge >= 0.3 is 0 Å². The van der Waals surface area contributed by atoms with Gasteiger partial charge in [-0.2, -0.15) is 0 Å². The van der Waals surface area contributed by atoms with Crippen molar-refractivity contribution in [3.8, 4) is 11.4 Å². The van der Waals surface area contributed by atoms with Gasteiger partial charge in [-0.15, -0.1) is 0 Å². The largest absolute Gasteiger partial charge is 0.346 e. The topological polar surface area (TPSA) is 90.3 Å². The van der Waals surface area contributed by atoms with Gasteiger partial charge in [-0.3, -0.25) is 10.1 Å². The number of H-pyrrole nitrogens is 1. The van der Waals surface area contributed by atoms with Crippen LogP contribution in [0.5, 0.6) is 0 Å². The first-order valence-corrected chi connectivity index (χ1v) is 7.19. The molecule has 4 rings (SSSR count). The average molecular weight is 311 g/mol. The van der Waals surface area contributed by atoms with Gasteiger partial charge in [0.15, 0.2) is 6.29 Å². The second-order valence-corrected chi connectivity index (χ2v) is 5.18. The number of rotatable bonds is 3. The molecular weight excluding hydrogens is 298 g/mol. The molecule has 0 amide bonds. The van der Waals surface area contributed by atoms with Crippen LogP contribution in [0, 0.1) is 10.1 Å². The van der Waals surface area contributed by atoms with Crippen molar-refractivity contribution in [2.45, 2.75) is 6.29 Å². The molecule has 0 atom stereocenters. The van der Waals surface area contributed by atoms with E-state index in [1.165, 1.54) is 6.07 Å². The Morgan fingerprint density at radius 2 is 1.91 bits per heavy atom. The van der Waals surface area contributed by atoms with Crippen molar-refractivity contribution in [3.63, 3.8) is 0 Å². The summed E-state index contributed by atoms with van der Waals surface area (Å²) in [5.41, 5.74) is 2.78. The van der Waals surface area contributed by atoms with Crippen LogP contribution in [0.15, 0.2) is 42.5 Å². The lowest BCUT2D eigenvalue weighted by atomic mass is 10.1. The van der Waals surface area contributed by atoms with Crippen LogP contribution < -0.4 is 0 Å². The third-order valence-electron chi connectivity index (χ3n) is 3.78. The zero-order chi connectivity index (χ0) is 15.8. The van der Waals surface area contributed by atoms with Crippen LogP contribution in [0.25, 0.3) is 22.4 Å². The fourth-order valence-electron chi connectivity index (χ4n) is 2.74. The molecule has 7 nitrogen and oxygen atoms in total. The smallest absolute Gasteiger partial charge is 0.280 e. The Morgan fingerprint density at radius 3 is 2.70 bits per heavy atom. The number of ether oxygens (including phenoxy) is 2. The minimum Gasteiger partial charge on any atom is -0.346 e. The zero-order valence-electron chi connectivity index (χ0n) is 12.1. The number of hydrogen-bond acceptors (Lipinski definition) is 5. The molecule has 1 aromatic heterocycles. The summed E-state index contributed by atoms with van der Waals surface area (Å²) in [4.78, 5) is 18.5. The minimum atomic E-state index is -0.444. The van der Waals surface area contributed by atoms with E-state index in [4.69, 9.17) is 9.47 Å². The van der Waals surface area contributed by atoms with E-state index in [9.17, 15) is 10.1 Å². The second kappa shape index (κ2) is 5.45. The highest BCUT2D eigenvalue weighted by Gasteiger charge is 2.23. The van der Waals surface area contributed by atoms with Crippen molar-refractivity contribution in [2.24, 2.45) is 0 Å². The third kappa shape index (κ3) is 2.36. The summed E-state index contributed by atoms with van der Waals surface area (Å²) in [7, 11) is 0. The molecule has 0 spiro atoms. The number of aromatic amines is 1. The number of hydrogen-bond donors (Lipinski definition) is 1. The molecule has 0 saturated carbocycles. The van der Waals surface area contributed by atoms with Crippen molar-refractivity contribution in [3.05, 3.63) is 58.1 Å². The van der Waals surface area contributed by atoms with Crippen LogP contribution in [-0.4, -0.2) is 28.1 Å². The molecular formula is C16H13N3O4. The molecule has 2 aromatic carbocycles. The van der Waals surface area contributed by atoms with Crippen LogP contribution in [0.2, 0.25) is 0 Å². The molecule has 0 unspecified atom stereocenters. The first kappa shape index (κ1) is 13.9. The Morgan fingerprint density at radius 1 is 1.13 bits per heavy atom. The number of nitrogens with zero attached hydrogens (tertiary/aromatic N) is 2. The van der Waals surface area contributed by atoms with E-state index in [1.807, 2.05) is 18.2 Å². The lowest BCUT2D eigenvalue weighted by molar-refractivity contribution is -0.384. The lowest BCUT2D eigenvalue weighted by Crippen LogP contribution is -1.98. The van der Waals surface area contributed by atoms with Crippen molar-refractivity contribution in [1.29, 1.82) is 0 Å². The molecule has 7 heteroatoms. The van der Waals surface area contributed by atoms with E-state index in [2.05, 4.69) is 9.97 Å². The summed E-state index contributed by atoms with van der Waals surface area (Å²) in [6, 6.07) is 12.2. The molecule has 1 aliphatic rings. The van der Waals surface area contributed by atoms with Gasteiger partial charge in [0.1, 0.15) is 5.82 Å². The molecule has 0 bridgehead atoms. The van der Waals surface area contributed by atoms with Crippen LogP contribution in [0.4, 0.5) is 5.69 Å². The summed E-state index contributed by atoms with van der Waals surface area (Å²) >= 11 is 0. The SMILES string of the molecule is O=[N+]([O-])c1ccccc1-c1nc2c(C3OCCO3)cccc2[nH]1. The highest BCUT2D eigenvalue weighted by atomic mass is 16.7. The molecule has 1 aliphatic heterocycles. The Balaban J connectivity index is 1.87. The number of nitrogens with one attached hydrogen (secondary N) is 1. The number of imidazole rings is 1. The van der Waals surface area contributed by atoms with E-state index < -0.39 is 11.2 Å². The normalized spacial score (nSPS) is 15.3. The third-order valence-corrected chi connectivity index (χ3v) is 3.78. The monoisotopic (exact) mass is 311 g/mol. The van der Waals surface area contributed by atoms with E-state index in [0.29, 0.717) is 30.1 Å². The lowest BCUT2D eigenvalue weighted by Gasteiger charge is -2.09. The van der Waals surface area contributed by atoms with Gasteiger partial charge in [0.25, 0.3) is 5.69 Å². The number of nitro groups is 1. The first-order chi connectivity index (χ1) is 11.2. The summed E-state index contributed by atoms with van der Waals surface area (Å²) in [6.45, 7) is 1.09. The fourth-order valence-corrected chi connectivity index (χ4v) is 2.74. The summed E-state index contributed by atoms with van der Waals surface area (Å²) in [6.07, 6.45) is -0.444. The number of para-hydroxylation sites is 2. The molecule has 1 fully saturated rings. The summed E-state index contributed by atoms with van der Waals surface area (Å²) < 4.78 is 11.1. The fraction of sp³-hybridized carbons (Fsp3) is 0.188. The first-order valence-electron chi connectivity index (χ1n) is 7.19. The number of benzene rings is 2. The maximum Gasteiger partial charge on any atom is 0.280 e. The molecule has 2 heterocycles. The quantitative estimate of drug-likeness (QED) is 0.592. The van der Waals surface area contributed by atoms with Gasteiger partial charge in [-0.05, 0) is 12.1 Å². The van der Waals surface area contributed by atoms with E-state index in [0.717, 1.165) is 11.1 Å². The molecule has 0 radical (unpaired) electrons. The van der Waals surface area contributed by atoms with Crippen LogP contribution in [0.3, 0.4) is 0 Å². The van der Waals surface area contributed by atoms with Crippen LogP contribution in [-0.2, 0) is 9.47 Å². The van der Waals surface area contributed by atoms with Gasteiger partial charge in [0, 0.05) is 11.6 Å². The molecule has 116 valence electrons. The highest BCUT2D eigenvalue weighted by molar-refractivity contribution is 5.84. The maximum absolute atomic E-state index is 11.2. The Labute approximate surface area is 131 Å². The van der Waals surface area contributed by atoms with Gasteiger partial charge in [-0.1, -0.05) is 24.3 Å². The minimum absolute atomic E-state index is 0.0153. The predicted octanol–water partition coefficient (Wildman–Crippen LogP) is 3.18. The van der Waals surface area contributed by atoms with Gasteiger partial charge < -0.3 is 14.5 Å². The molecule has 1 N–H and O–H groups in total. The van der Waals surface area contributed by atoms with E-state index in [1.54, 1.807) is 18.2 Å². The maximum atomic E-state index is 11.2. The van der Waals surface area contributed by atoms with Crippen molar-refractivity contribution in [1.82, 2.24) is 9.97 Å². The second-order valence-electron chi connectivity index (χ2n) is 5.18. The van der Waals surface area contributed by atoms with Crippen molar-refractivity contribution in [2.75, 3.05) is 13.2 Å². The number of aromatic nitrogens is 2. The summed E-state index contributed by atoms with van der Waals surface area (Å²) in [5, 5.41) is 11.2. The zero-order valence-corrected chi connectivity index (χ0v) is 12.1. The molecule has 23 heavy (non-hydrogen) atoms. The van der Waals surface area contributed by atoms with Crippen molar-refractivity contribution >= 4 is 16.7 Å². The van der Waals surface area contributed by atoms with E-state index >= 15 is 0 Å². The van der Waals surface area contributed by atoms with Crippen LogP contribution >= 0.6 is 0 Å². The predicted molar refractivity (Wildman–Crippen MR) is 82.8 cm³/mol. The van der Waals surface area contributed by atoms with Crippen molar-refractivity contribution < 1.29 is 14.4 Å². The highest BCUT2D eigenvalue weighted by Crippen LogP contribution is 2.33. The van der Waals surface area contributed by atoms with Crippen LogP contribution in [0.1, 0.15) is 11.9 Å². The average Bonchev–Trinajstić information content (AvgIpc) is 3.23. The number of fused-ring (bicyclic) bond motifs is 1. The summed E-state index contributed by atoms with van der Waals surface area (Å²) in [5.74, 6) is 0.456.